The van der Waals surface area contributed by atoms with Gasteiger partial charge in [0.25, 0.3) is 0 Å². The molecule has 0 saturated heterocycles. The van der Waals surface area contributed by atoms with E-state index in [2.05, 4.69) is 9.68 Å². The largest absolute Gasteiger partial charge is 0.363 e. The first kappa shape index (κ1) is 5.46. The predicted octanol–water partition coefficient (Wildman–Crippen LogP) is 0.255. The lowest BCUT2D eigenvalue weighted by molar-refractivity contribution is 0.399. The molecule has 0 bridgehead atoms. The van der Waals surface area contributed by atoms with E-state index in [9.17, 15) is 4.21 Å². The van der Waals surface area contributed by atoms with Crippen LogP contribution in [0.1, 0.15) is 0 Å². The second-order valence-electron chi connectivity index (χ2n) is 1.09. The summed E-state index contributed by atoms with van der Waals surface area (Å²) in [5.41, 5.74) is 0. The van der Waals surface area contributed by atoms with Crippen LogP contribution >= 0.6 is 0 Å². The smallest absolute Gasteiger partial charge is 0.209 e. The van der Waals surface area contributed by atoms with Crippen LogP contribution in [0.15, 0.2) is 21.9 Å². The van der Waals surface area contributed by atoms with Crippen molar-refractivity contribution in [1.82, 2.24) is 5.16 Å². The van der Waals surface area contributed by atoms with Crippen LogP contribution in [0, 0.1) is 0 Å². The molecule has 0 aliphatic heterocycles. The van der Waals surface area contributed by atoms with Gasteiger partial charge >= 0.3 is 0 Å². The van der Waals surface area contributed by atoms with Gasteiger partial charge in [0.1, 0.15) is 6.26 Å². The Labute approximate surface area is 47.8 Å². The van der Waals surface area contributed by atoms with Crippen molar-refractivity contribution in [2.75, 3.05) is 0 Å². The highest BCUT2D eigenvalue weighted by Gasteiger charge is 1.99. The Morgan fingerprint density at radius 2 is 2.62 bits per heavy atom. The molecule has 0 radical (unpaired) electrons. The molecule has 0 saturated carbocycles. The quantitative estimate of drug-likeness (QED) is 0.558. The highest BCUT2D eigenvalue weighted by molar-refractivity contribution is 7.79. The second-order valence-corrected chi connectivity index (χ2v) is 2.00. The molecule has 44 valence electrons. The topological polar surface area (TPSA) is 63.3 Å². The van der Waals surface area contributed by atoms with Crippen molar-refractivity contribution in [2.45, 2.75) is 5.03 Å². The Hall–Kier alpha value is -0.680. The van der Waals surface area contributed by atoms with E-state index in [-0.39, 0.29) is 5.03 Å². The summed E-state index contributed by atoms with van der Waals surface area (Å²) in [5, 5.41) is 3.24. The number of hydrogen-bond donors (Lipinski definition) is 1. The molecule has 1 aromatic rings. The number of rotatable bonds is 1. The molecular formula is C3H3NO3S. The first-order valence-electron chi connectivity index (χ1n) is 1.82. The lowest BCUT2D eigenvalue weighted by atomic mass is 10.8. The van der Waals surface area contributed by atoms with Crippen molar-refractivity contribution in [1.29, 1.82) is 0 Å². The zero-order valence-electron chi connectivity index (χ0n) is 3.77. The summed E-state index contributed by atoms with van der Waals surface area (Å²) < 4.78 is 22.6. The van der Waals surface area contributed by atoms with E-state index in [1.165, 1.54) is 12.3 Å². The summed E-state index contributed by atoms with van der Waals surface area (Å²) in [6, 6.07) is 1.33. The van der Waals surface area contributed by atoms with Crippen LogP contribution in [0.2, 0.25) is 0 Å². The molecule has 0 aliphatic rings. The van der Waals surface area contributed by atoms with Gasteiger partial charge in [-0.3, -0.25) is 0 Å². The molecule has 1 atom stereocenters. The molecule has 0 fully saturated rings. The Morgan fingerprint density at radius 1 is 1.88 bits per heavy atom. The van der Waals surface area contributed by atoms with Crippen LogP contribution in [0.25, 0.3) is 0 Å². The predicted molar refractivity (Wildman–Crippen MR) is 25.5 cm³/mol. The first-order chi connectivity index (χ1) is 3.80. The van der Waals surface area contributed by atoms with Gasteiger partial charge in [-0.25, -0.2) is 4.21 Å². The van der Waals surface area contributed by atoms with Gasteiger partial charge in [-0.1, -0.05) is 5.16 Å². The van der Waals surface area contributed by atoms with E-state index in [0.717, 1.165) is 0 Å². The minimum absolute atomic E-state index is 0.0463. The third-order valence-electron chi connectivity index (χ3n) is 0.593. The fraction of sp³-hybridized carbons (Fsp3) is 0. The molecule has 4 nitrogen and oxygen atoms in total. The third-order valence-corrected chi connectivity index (χ3v) is 1.16. The van der Waals surface area contributed by atoms with Gasteiger partial charge < -0.3 is 9.08 Å². The molecule has 1 rings (SSSR count). The van der Waals surface area contributed by atoms with E-state index >= 15 is 0 Å². The third kappa shape index (κ3) is 0.932. The second kappa shape index (κ2) is 2.06. The summed E-state index contributed by atoms with van der Waals surface area (Å²) in [7, 11) is 0. The molecule has 0 spiro atoms. The fourth-order valence-electron chi connectivity index (χ4n) is 0.292. The van der Waals surface area contributed by atoms with E-state index in [1.807, 2.05) is 0 Å². The zero-order chi connectivity index (χ0) is 5.98. The maximum Gasteiger partial charge on any atom is 0.209 e. The van der Waals surface area contributed by atoms with E-state index in [0.29, 0.717) is 0 Å². The molecule has 8 heavy (non-hydrogen) atoms. The summed E-state index contributed by atoms with van der Waals surface area (Å²) in [6.45, 7) is 0. The van der Waals surface area contributed by atoms with Crippen LogP contribution in [-0.4, -0.2) is 13.9 Å². The van der Waals surface area contributed by atoms with Crippen molar-refractivity contribution in [3.63, 3.8) is 0 Å². The van der Waals surface area contributed by atoms with Crippen LogP contribution in [0.3, 0.4) is 0 Å². The SMILES string of the molecule is O=S(O)c1ccon1. The fourth-order valence-corrected chi connectivity index (χ4v) is 0.570. The van der Waals surface area contributed by atoms with Crippen molar-refractivity contribution in [3.8, 4) is 0 Å². The lowest BCUT2D eigenvalue weighted by Crippen LogP contribution is -1.85. The summed E-state index contributed by atoms with van der Waals surface area (Å²) in [4.78, 5) is 0. The highest BCUT2D eigenvalue weighted by Crippen LogP contribution is 1.96. The first-order valence-corrected chi connectivity index (χ1v) is 2.92. The molecule has 0 amide bonds. The van der Waals surface area contributed by atoms with Gasteiger partial charge in [0, 0.05) is 6.07 Å². The van der Waals surface area contributed by atoms with Crippen molar-refractivity contribution < 1.29 is 13.3 Å². The van der Waals surface area contributed by atoms with E-state index in [1.54, 1.807) is 0 Å². The monoisotopic (exact) mass is 133 g/mol. The molecule has 0 aliphatic carbocycles. The number of nitrogens with zero attached hydrogens (tertiary/aromatic N) is 1. The van der Waals surface area contributed by atoms with Gasteiger partial charge in [0.15, 0.2) is 5.03 Å². The van der Waals surface area contributed by atoms with Crippen LogP contribution < -0.4 is 0 Å². The normalized spacial score (nSPS) is 13.6. The molecule has 5 heteroatoms. The van der Waals surface area contributed by atoms with Gasteiger partial charge in [-0.05, 0) is 0 Å². The average molecular weight is 133 g/mol. The van der Waals surface area contributed by atoms with Crippen molar-refractivity contribution >= 4 is 11.1 Å². The van der Waals surface area contributed by atoms with Gasteiger partial charge in [0.05, 0.1) is 0 Å². The Bertz CT molecular complexity index is 182. The average Bonchev–Trinajstić information content (AvgIpc) is 2.12. The molecule has 1 aromatic heterocycles. The Morgan fingerprint density at radius 3 is 2.88 bits per heavy atom. The van der Waals surface area contributed by atoms with Gasteiger partial charge in [0.2, 0.25) is 11.1 Å². The minimum atomic E-state index is -2.00. The Kier molecular flexibility index (Phi) is 1.40. The highest BCUT2D eigenvalue weighted by atomic mass is 32.2. The molecule has 0 aromatic carbocycles. The van der Waals surface area contributed by atoms with Crippen LogP contribution in [-0.2, 0) is 11.1 Å². The van der Waals surface area contributed by atoms with E-state index in [4.69, 9.17) is 4.55 Å². The van der Waals surface area contributed by atoms with Gasteiger partial charge in [-0.2, -0.15) is 0 Å². The lowest BCUT2D eigenvalue weighted by Gasteiger charge is -1.76. The van der Waals surface area contributed by atoms with Crippen molar-refractivity contribution in [3.05, 3.63) is 12.3 Å². The Balaban J connectivity index is 2.93. The maximum atomic E-state index is 10.1. The maximum absolute atomic E-state index is 10.1. The minimum Gasteiger partial charge on any atom is -0.363 e. The standard InChI is InChI=1S/C3H3NO3S/c5-8(6)3-1-2-7-4-3/h1-2H,(H,5,6). The zero-order valence-corrected chi connectivity index (χ0v) is 4.59. The molecular weight excluding hydrogens is 130 g/mol. The number of hydrogen-bond acceptors (Lipinski definition) is 3. The molecule has 1 heterocycles. The number of aromatic nitrogens is 1. The van der Waals surface area contributed by atoms with Gasteiger partial charge in [-0.15, -0.1) is 0 Å². The summed E-state index contributed by atoms with van der Waals surface area (Å²) in [6.07, 6.45) is 1.24. The van der Waals surface area contributed by atoms with Crippen LogP contribution in [0.4, 0.5) is 0 Å². The molecule has 1 unspecified atom stereocenters. The van der Waals surface area contributed by atoms with Crippen molar-refractivity contribution in [2.24, 2.45) is 0 Å². The summed E-state index contributed by atoms with van der Waals surface area (Å²) >= 11 is -2.00. The summed E-state index contributed by atoms with van der Waals surface area (Å²) in [5.74, 6) is 0. The van der Waals surface area contributed by atoms with E-state index < -0.39 is 11.1 Å². The van der Waals surface area contributed by atoms with Crippen LogP contribution in [0.5, 0.6) is 0 Å². The molecule has 1 N–H and O–H groups in total.